The average Bonchev–Trinajstić information content (AvgIpc) is 3.88. The van der Waals surface area contributed by atoms with E-state index in [1.54, 1.807) is 72.8 Å². The SMILES string of the molecule is CC[C@H]1O[C@@H](/C(C)=C/[C@H](C)/C=C/[C@H]2[C@@H](C)[C@@H]2/C=C/[C@@H]2O[C@H](CCC(=O)Nc3ccc(Cl)cc3)C[C@H](OC(=O)Nc3ccc(Cl)cc3)[C@H]2OC(=O)Nc2ccc(Cl)cc2)CC=C1C. The van der Waals surface area contributed by atoms with Gasteiger partial charge in [0.2, 0.25) is 5.91 Å². The Morgan fingerprint density at radius 1 is 0.790 bits per heavy atom. The van der Waals surface area contributed by atoms with E-state index in [4.69, 9.17) is 53.8 Å². The number of hydrogen-bond acceptors (Lipinski definition) is 7. The molecule has 330 valence electrons. The second-order valence-electron chi connectivity index (χ2n) is 16.4. The maximum atomic E-state index is 13.5. The lowest BCUT2D eigenvalue weighted by molar-refractivity contribution is -0.152. The molecule has 1 aliphatic carbocycles. The van der Waals surface area contributed by atoms with E-state index in [2.05, 4.69) is 80.9 Å². The Balaban J connectivity index is 1.19. The fourth-order valence-electron chi connectivity index (χ4n) is 7.98. The van der Waals surface area contributed by atoms with Gasteiger partial charge in [0.15, 0.2) is 6.10 Å². The van der Waals surface area contributed by atoms with Crippen molar-refractivity contribution in [3.63, 3.8) is 0 Å². The summed E-state index contributed by atoms with van der Waals surface area (Å²) in [5.74, 6) is 0.862. The van der Waals surface area contributed by atoms with Crippen molar-refractivity contribution >= 4 is 70.0 Å². The van der Waals surface area contributed by atoms with Crippen LogP contribution in [0.4, 0.5) is 26.7 Å². The number of carbonyl (C=O) groups is 3. The van der Waals surface area contributed by atoms with E-state index < -0.39 is 36.6 Å². The van der Waals surface area contributed by atoms with E-state index in [9.17, 15) is 14.4 Å². The number of carbonyl (C=O) groups excluding carboxylic acids is 3. The van der Waals surface area contributed by atoms with Crippen LogP contribution in [0.2, 0.25) is 15.1 Å². The number of ether oxygens (including phenoxy) is 4. The molecule has 0 spiro atoms. The molecule has 3 N–H and O–H groups in total. The molecule has 3 amide bonds. The van der Waals surface area contributed by atoms with Crippen LogP contribution in [-0.4, -0.2) is 54.7 Å². The number of nitrogens with one attached hydrogen (secondary N) is 3. The molecule has 13 heteroatoms. The topological polar surface area (TPSA) is 124 Å². The third-order valence-corrected chi connectivity index (χ3v) is 12.4. The third-order valence-electron chi connectivity index (χ3n) is 11.6. The third kappa shape index (κ3) is 13.7. The van der Waals surface area contributed by atoms with E-state index >= 15 is 0 Å². The van der Waals surface area contributed by atoms with Gasteiger partial charge in [0.1, 0.15) is 12.2 Å². The lowest BCUT2D eigenvalue weighted by atomic mass is 9.94. The lowest BCUT2D eigenvalue weighted by Crippen LogP contribution is -2.52. The first-order valence-electron chi connectivity index (χ1n) is 21.3. The minimum atomic E-state index is -1.04. The Morgan fingerprint density at radius 2 is 1.34 bits per heavy atom. The van der Waals surface area contributed by atoms with E-state index in [0.29, 0.717) is 50.4 Å². The predicted octanol–water partition coefficient (Wildman–Crippen LogP) is 12.8. The number of hydrogen-bond donors (Lipinski definition) is 3. The molecular weight excluding hydrogens is 849 g/mol. The van der Waals surface area contributed by atoms with Gasteiger partial charge < -0.3 is 24.3 Å². The normalized spacial score (nSPS) is 26.7. The molecule has 2 fully saturated rings. The minimum absolute atomic E-state index is 0.0898. The summed E-state index contributed by atoms with van der Waals surface area (Å²) >= 11 is 18.2. The number of rotatable bonds is 15. The molecular formula is C49H56Cl3N3O7. The number of anilines is 3. The summed E-state index contributed by atoms with van der Waals surface area (Å²) < 4.78 is 25.1. The summed E-state index contributed by atoms with van der Waals surface area (Å²) in [5, 5.41) is 9.95. The summed E-state index contributed by atoms with van der Waals surface area (Å²) in [6, 6.07) is 20.1. The van der Waals surface area contributed by atoms with E-state index in [-0.39, 0.29) is 42.8 Å². The predicted molar refractivity (Wildman–Crippen MR) is 248 cm³/mol. The van der Waals surface area contributed by atoms with E-state index in [0.717, 1.165) is 12.8 Å². The fourth-order valence-corrected chi connectivity index (χ4v) is 8.36. The first-order valence-corrected chi connectivity index (χ1v) is 22.4. The van der Waals surface area contributed by atoms with Gasteiger partial charge in [-0.15, -0.1) is 0 Å². The first-order chi connectivity index (χ1) is 29.7. The van der Waals surface area contributed by atoms with Crippen LogP contribution >= 0.6 is 34.8 Å². The summed E-state index contributed by atoms with van der Waals surface area (Å²) in [4.78, 5) is 40.0. The molecule has 0 aromatic heterocycles. The summed E-state index contributed by atoms with van der Waals surface area (Å²) in [6.45, 7) is 10.8. The van der Waals surface area contributed by atoms with Crippen molar-refractivity contribution in [2.75, 3.05) is 16.0 Å². The smallest absolute Gasteiger partial charge is 0.412 e. The molecule has 3 aromatic carbocycles. The molecule has 2 heterocycles. The molecule has 3 aliphatic rings. The van der Waals surface area contributed by atoms with Crippen molar-refractivity contribution in [2.45, 2.75) is 103 Å². The van der Waals surface area contributed by atoms with Gasteiger partial charge in [0, 0.05) is 45.0 Å². The highest BCUT2D eigenvalue weighted by Gasteiger charge is 2.46. The molecule has 1 saturated heterocycles. The first kappa shape index (κ1) is 46.9. The lowest BCUT2D eigenvalue weighted by Gasteiger charge is -2.39. The molecule has 10 nitrogen and oxygen atoms in total. The van der Waals surface area contributed by atoms with Gasteiger partial charge in [-0.05, 0) is 141 Å². The van der Waals surface area contributed by atoms with Crippen LogP contribution in [0.3, 0.4) is 0 Å². The number of halogens is 3. The van der Waals surface area contributed by atoms with Crippen LogP contribution in [0.15, 0.2) is 120 Å². The minimum Gasteiger partial charge on any atom is -0.442 e. The largest absolute Gasteiger partial charge is 0.442 e. The quantitative estimate of drug-likeness (QED) is 0.130. The van der Waals surface area contributed by atoms with Crippen LogP contribution in [0.25, 0.3) is 0 Å². The van der Waals surface area contributed by atoms with Gasteiger partial charge in [0.25, 0.3) is 0 Å². The van der Waals surface area contributed by atoms with E-state index in [1.807, 2.05) is 6.08 Å². The van der Waals surface area contributed by atoms with Crippen molar-refractivity contribution in [1.29, 1.82) is 0 Å². The maximum absolute atomic E-state index is 13.5. The zero-order valence-electron chi connectivity index (χ0n) is 35.7. The molecule has 6 rings (SSSR count). The molecule has 10 atom stereocenters. The number of benzene rings is 3. The van der Waals surface area contributed by atoms with Crippen LogP contribution in [0, 0.1) is 23.7 Å². The zero-order valence-corrected chi connectivity index (χ0v) is 38.0. The second-order valence-corrected chi connectivity index (χ2v) is 17.7. The number of amides is 3. The van der Waals surface area contributed by atoms with Gasteiger partial charge in [-0.2, -0.15) is 0 Å². The van der Waals surface area contributed by atoms with Crippen LogP contribution in [-0.2, 0) is 23.7 Å². The Labute approximate surface area is 380 Å². The Kier molecular flexibility index (Phi) is 16.8. The zero-order chi connectivity index (χ0) is 44.3. The monoisotopic (exact) mass is 903 g/mol. The summed E-state index contributed by atoms with van der Waals surface area (Å²) in [6.07, 6.45) is 10.9. The van der Waals surface area contributed by atoms with Gasteiger partial charge >= 0.3 is 12.2 Å². The van der Waals surface area contributed by atoms with Crippen molar-refractivity contribution in [2.24, 2.45) is 23.7 Å². The molecule has 1 saturated carbocycles. The second kappa shape index (κ2) is 22.2. The highest BCUT2D eigenvalue weighted by Crippen LogP contribution is 2.48. The van der Waals surface area contributed by atoms with E-state index in [1.165, 1.54) is 11.1 Å². The average molecular weight is 905 g/mol. The Hall–Kier alpha value is -4.58. The van der Waals surface area contributed by atoms with Crippen LogP contribution in [0.5, 0.6) is 0 Å². The highest BCUT2D eigenvalue weighted by molar-refractivity contribution is 6.31. The molecule has 62 heavy (non-hydrogen) atoms. The Bertz CT molecular complexity index is 2120. The molecule has 3 aromatic rings. The van der Waals surface area contributed by atoms with Crippen molar-refractivity contribution in [1.82, 2.24) is 0 Å². The van der Waals surface area contributed by atoms with Crippen molar-refractivity contribution in [3.8, 4) is 0 Å². The molecule has 0 bridgehead atoms. The van der Waals surface area contributed by atoms with Gasteiger partial charge in [-0.1, -0.05) is 92.0 Å². The van der Waals surface area contributed by atoms with Crippen LogP contribution in [0.1, 0.15) is 66.7 Å². The summed E-state index contributed by atoms with van der Waals surface area (Å²) in [5.41, 5.74) is 4.09. The highest BCUT2D eigenvalue weighted by atomic mass is 35.5. The summed E-state index contributed by atoms with van der Waals surface area (Å²) in [7, 11) is 0. The fraction of sp³-hybridized carbons (Fsp3) is 0.408. The number of allylic oxidation sites excluding steroid dienone is 4. The van der Waals surface area contributed by atoms with Gasteiger partial charge in [0.05, 0.1) is 18.3 Å². The Morgan fingerprint density at radius 3 is 1.92 bits per heavy atom. The van der Waals surface area contributed by atoms with Gasteiger partial charge in [-0.25, -0.2) is 9.59 Å². The van der Waals surface area contributed by atoms with Crippen molar-refractivity contribution < 1.29 is 33.3 Å². The van der Waals surface area contributed by atoms with Gasteiger partial charge in [-0.3, -0.25) is 15.4 Å². The molecule has 0 radical (unpaired) electrons. The molecule has 0 unspecified atom stereocenters. The standard InChI is InChI=1S/C49H56Cl3N3O7/c1-6-42-30(3)8-24-43(60-42)31(4)27-29(2)7-22-40-32(5)41(40)23-25-44-47(62-49(58)55-38-19-13-35(52)14-20-38)45(61-48(57)54-37-17-11-34(51)12-18-37)28-39(59-44)21-26-46(56)53-36-15-9-33(50)10-16-36/h7-20,22-23,25,27,29,32,39-45,47H,6,21,24,26,28H2,1-5H3,(H,53,56)(H,54,57)(H,55,58)/b22-7+,25-23+,31-27+/t29-,32-,39-,40+,41+,42-,43-,44+,45+,47+/m1/s1. The maximum Gasteiger partial charge on any atom is 0.412 e. The van der Waals surface area contributed by atoms with Crippen LogP contribution < -0.4 is 16.0 Å². The molecule has 2 aliphatic heterocycles. The van der Waals surface area contributed by atoms with Crippen molar-refractivity contribution in [3.05, 3.63) is 135 Å².